The number of nitrogens with zero attached hydrogens (tertiary/aromatic N) is 1. The summed E-state index contributed by atoms with van der Waals surface area (Å²) in [6.45, 7) is 0. The van der Waals surface area contributed by atoms with Crippen molar-refractivity contribution in [1.29, 1.82) is 0 Å². The maximum absolute atomic E-state index is 11.6. The fourth-order valence-corrected chi connectivity index (χ4v) is 3.85. The molecule has 0 saturated heterocycles. The molecule has 1 heterocycles. The minimum absolute atomic E-state index is 0.350. The SMILES string of the molecule is CO[Si](OC)(OC)c1ccc(N2C(=O)C=CC2=O)cc1. The van der Waals surface area contributed by atoms with Gasteiger partial charge < -0.3 is 13.3 Å². The molecule has 0 aromatic heterocycles. The highest BCUT2D eigenvalue weighted by Crippen LogP contribution is 2.18. The lowest BCUT2D eigenvalue weighted by atomic mass is 10.3. The molecule has 0 radical (unpaired) electrons. The van der Waals surface area contributed by atoms with Crippen LogP contribution in [0.5, 0.6) is 0 Å². The van der Waals surface area contributed by atoms with E-state index in [-0.39, 0.29) is 11.8 Å². The van der Waals surface area contributed by atoms with E-state index in [4.69, 9.17) is 13.3 Å². The first kappa shape index (κ1) is 14.6. The minimum atomic E-state index is -2.89. The Labute approximate surface area is 117 Å². The molecule has 0 atom stereocenters. The van der Waals surface area contributed by atoms with E-state index in [1.807, 2.05) is 0 Å². The Bertz CT molecular complexity index is 524. The van der Waals surface area contributed by atoms with Gasteiger partial charge in [0.25, 0.3) is 11.8 Å². The molecule has 0 spiro atoms. The van der Waals surface area contributed by atoms with E-state index in [1.54, 1.807) is 24.3 Å². The summed E-state index contributed by atoms with van der Waals surface area (Å²) in [5, 5.41) is 0.751. The van der Waals surface area contributed by atoms with Gasteiger partial charge in [-0.3, -0.25) is 9.59 Å². The summed E-state index contributed by atoms with van der Waals surface area (Å²) in [5.74, 6) is -0.701. The topological polar surface area (TPSA) is 65.1 Å². The average molecular weight is 293 g/mol. The fourth-order valence-electron chi connectivity index (χ4n) is 2.07. The van der Waals surface area contributed by atoms with Gasteiger partial charge in [-0.1, -0.05) is 12.1 Å². The lowest BCUT2D eigenvalue weighted by molar-refractivity contribution is -0.119. The average Bonchev–Trinajstić information content (AvgIpc) is 2.82. The summed E-state index contributed by atoms with van der Waals surface area (Å²) in [7, 11) is 1.66. The molecule has 0 bridgehead atoms. The Balaban J connectivity index is 2.31. The molecule has 2 rings (SSSR count). The van der Waals surface area contributed by atoms with Crippen molar-refractivity contribution in [2.24, 2.45) is 0 Å². The standard InChI is InChI=1S/C13H15NO5Si/c1-17-20(18-2,19-3)11-6-4-10(5-7-11)14-12(15)8-9-13(14)16/h4-9H,1-3H3. The van der Waals surface area contributed by atoms with Gasteiger partial charge in [-0.2, -0.15) is 0 Å². The van der Waals surface area contributed by atoms with Crippen LogP contribution in [0.25, 0.3) is 0 Å². The van der Waals surface area contributed by atoms with Crippen molar-refractivity contribution in [3.8, 4) is 0 Å². The maximum Gasteiger partial charge on any atom is 0.536 e. The van der Waals surface area contributed by atoms with Crippen molar-refractivity contribution in [1.82, 2.24) is 0 Å². The molecular weight excluding hydrogens is 278 g/mol. The molecule has 1 aliphatic rings. The van der Waals surface area contributed by atoms with Crippen molar-refractivity contribution in [3.05, 3.63) is 36.4 Å². The highest BCUT2D eigenvalue weighted by molar-refractivity contribution is 6.75. The van der Waals surface area contributed by atoms with Crippen molar-refractivity contribution < 1.29 is 22.9 Å². The van der Waals surface area contributed by atoms with Crippen LogP contribution < -0.4 is 10.1 Å². The van der Waals surface area contributed by atoms with Crippen molar-refractivity contribution in [3.63, 3.8) is 0 Å². The number of carbonyl (C=O) groups is 2. The van der Waals surface area contributed by atoms with Crippen molar-refractivity contribution >= 4 is 31.5 Å². The molecule has 1 aromatic rings. The van der Waals surface area contributed by atoms with Crippen LogP contribution in [0.3, 0.4) is 0 Å². The molecule has 106 valence electrons. The lowest BCUT2D eigenvalue weighted by Gasteiger charge is -2.25. The van der Waals surface area contributed by atoms with Gasteiger partial charge in [-0.05, 0) is 12.1 Å². The lowest BCUT2D eigenvalue weighted by Crippen LogP contribution is -2.54. The van der Waals surface area contributed by atoms with E-state index in [0.717, 1.165) is 10.1 Å². The molecule has 1 aliphatic heterocycles. The zero-order valence-electron chi connectivity index (χ0n) is 11.5. The molecule has 0 saturated carbocycles. The highest BCUT2D eigenvalue weighted by atomic mass is 28.4. The molecule has 1 aromatic carbocycles. The fraction of sp³-hybridized carbons (Fsp3) is 0.231. The smallest absolute Gasteiger partial charge is 0.373 e. The van der Waals surface area contributed by atoms with Crippen LogP contribution in [0.1, 0.15) is 0 Å². The summed E-state index contributed by atoms with van der Waals surface area (Å²) in [4.78, 5) is 24.3. The molecule has 0 unspecified atom stereocenters. The molecule has 20 heavy (non-hydrogen) atoms. The number of rotatable bonds is 5. The number of benzene rings is 1. The van der Waals surface area contributed by atoms with Gasteiger partial charge in [-0.25, -0.2) is 4.90 Å². The van der Waals surface area contributed by atoms with Gasteiger partial charge in [0.15, 0.2) is 0 Å². The van der Waals surface area contributed by atoms with E-state index in [1.165, 1.54) is 33.5 Å². The van der Waals surface area contributed by atoms with Crippen LogP contribution >= 0.6 is 0 Å². The Hall–Kier alpha value is -1.80. The molecule has 2 amide bonds. The summed E-state index contributed by atoms with van der Waals surface area (Å²) in [6, 6.07) is 6.79. The van der Waals surface area contributed by atoms with Crippen LogP contribution in [-0.4, -0.2) is 41.9 Å². The number of carbonyl (C=O) groups excluding carboxylic acids is 2. The van der Waals surface area contributed by atoms with Gasteiger partial charge in [0, 0.05) is 38.7 Å². The second kappa shape index (κ2) is 5.67. The van der Waals surface area contributed by atoms with Crippen molar-refractivity contribution in [2.75, 3.05) is 26.2 Å². The summed E-state index contributed by atoms with van der Waals surface area (Å²) in [6.07, 6.45) is 2.49. The van der Waals surface area contributed by atoms with Gasteiger partial charge in [0.2, 0.25) is 0 Å². The summed E-state index contributed by atoms with van der Waals surface area (Å²) < 4.78 is 16.1. The molecule has 0 aliphatic carbocycles. The molecule has 6 nitrogen and oxygen atoms in total. The second-order valence-corrected chi connectivity index (χ2v) is 6.98. The zero-order valence-corrected chi connectivity index (χ0v) is 12.5. The Morgan fingerprint density at radius 1 is 0.850 bits per heavy atom. The molecular formula is C13H15NO5Si. The number of anilines is 1. The number of hydrogen-bond acceptors (Lipinski definition) is 5. The van der Waals surface area contributed by atoms with Crippen LogP contribution in [-0.2, 0) is 22.9 Å². The third-order valence-electron chi connectivity index (χ3n) is 3.09. The molecule has 0 N–H and O–H groups in total. The van der Waals surface area contributed by atoms with Gasteiger partial charge >= 0.3 is 8.80 Å². The van der Waals surface area contributed by atoms with E-state index < -0.39 is 8.80 Å². The van der Waals surface area contributed by atoms with Crippen LogP contribution in [0.4, 0.5) is 5.69 Å². The summed E-state index contributed by atoms with van der Waals surface area (Å²) >= 11 is 0. The number of imide groups is 1. The Morgan fingerprint density at radius 3 is 1.70 bits per heavy atom. The molecule has 0 fully saturated rings. The zero-order chi connectivity index (χ0) is 14.8. The Kier molecular flexibility index (Phi) is 4.14. The van der Waals surface area contributed by atoms with Gasteiger partial charge in [0.1, 0.15) is 0 Å². The quantitative estimate of drug-likeness (QED) is 0.573. The van der Waals surface area contributed by atoms with Crippen LogP contribution in [0, 0.1) is 0 Å². The van der Waals surface area contributed by atoms with Crippen molar-refractivity contribution in [2.45, 2.75) is 0 Å². The minimum Gasteiger partial charge on any atom is -0.373 e. The molecule has 7 heteroatoms. The van der Waals surface area contributed by atoms with E-state index in [2.05, 4.69) is 0 Å². The van der Waals surface area contributed by atoms with E-state index >= 15 is 0 Å². The highest BCUT2D eigenvalue weighted by Gasteiger charge is 2.40. The largest absolute Gasteiger partial charge is 0.536 e. The second-order valence-electron chi connectivity index (χ2n) is 4.06. The van der Waals surface area contributed by atoms with Gasteiger partial charge in [-0.15, -0.1) is 0 Å². The van der Waals surface area contributed by atoms with Crippen LogP contribution in [0.15, 0.2) is 36.4 Å². The maximum atomic E-state index is 11.6. The third-order valence-corrected chi connectivity index (χ3v) is 5.75. The van der Waals surface area contributed by atoms with E-state index in [9.17, 15) is 9.59 Å². The first-order valence-electron chi connectivity index (χ1n) is 5.90. The Morgan fingerprint density at radius 2 is 1.30 bits per heavy atom. The predicted molar refractivity (Wildman–Crippen MR) is 74.5 cm³/mol. The van der Waals surface area contributed by atoms with E-state index in [0.29, 0.717) is 5.69 Å². The third kappa shape index (κ3) is 2.32. The predicted octanol–water partition coefficient (Wildman–Crippen LogP) is 0.201. The normalized spacial score (nSPS) is 15.2. The first-order valence-corrected chi connectivity index (χ1v) is 7.62. The number of hydrogen-bond donors (Lipinski definition) is 0. The monoisotopic (exact) mass is 293 g/mol. The van der Waals surface area contributed by atoms with Gasteiger partial charge in [0.05, 0.1) is 5.69 Å². The summed E-state index contributed by atoms with van der Waals surface area (Å²) in [5.41, 5.74) is 0.500. The first-order chi connectivity index (χ1) is 9.57. The van der Waals surface area contributed by atoms with Crippen LogP contribution in [0.2, 0.25) is 0 Å². The number of amides is 2.